The third-order valence-corrected chi connectivity index (χ3v) is 5.81. The van der Waals surface area contributed by atoms with Gasteiger partial charge in [0.05, 0.1) is 11.4 Å². The topological polar surface area (TPSA) is 63.1 Å². The molecule has 156 valence electrons. The van der Waals surface area contributed by atoms with Gasteiger partial charge in [-0.1, -0.05) is 49.4 Å². The highest BCUT2D eigenvalue weighted by atomic mass is 16.2. The number of aromatic nitrogens is 3. The van der Waals surface area contributed by atoms with Crippen molar-refractivity contribution in [3.63, 3.8) is 0 Å². The van der Waals surface area contributed by atoms with E-state index >= 15 is 0 Å². The van der Waals surface area contributed by atoms with E-state index in [1.165, 1.54) is 23.2 Å². The first-order chi connectivity index (χ1) is 14.6. The van der Waals surface area contributed by atoms with Crippen LogP contribution in [0.2, 0.25) is 0 Å². The molecule has 1 saturated heterocycles. The predicted molar refractivity (Wildman–Crippen MR) is 117 cm³/mol. The number of amides is 1. The molecule has 0 spiro atoms. The first-order valence-electron chi connectivity index (χ1n) is 10.7. The zero-order chi connectivity index (χ0) is 20.9. The Balaban J connectivity index is 1.42. The van der Waals surface area contributed by atoms with Crippen molar-refractivity contribution >= 4 is 5.91 Å². The summed E-state index contributed by atoms with van der Waals surface area (Å²) in [5, 5.41) is 11.8. The molecule has 1 aromatic heterocycles. The van der Waals surface area contributed by atoms with Crippen LogP contribution in [-0.4, -0.2) is 38.9 Å². The van der Waals surface area contributed by atoms with Gasteiger partial charge in [0.25, 0.3) is 5.91 Å². The van der Waals surface area contributed by atoms with Crippen LogP contribution in [0.4, 0.5) is 0 Å². The lowest BCUT2D eigenvalue weighted by molar-refractivity contribution is 0.0944. The summed E-state index contributed by atoms with van der Waals surface area (Å²) in [6.07, 6.45) is 2.52. The molecule has 30 heavy (non-hydrogen) atoms. The Kier molecular flexibility index (Phi) is 6.23. The number of piperidine rings is 1. The fourth-order valence-electron chi connectivity index (χ4n) is 3.87. The Morgan fingerprint density at radius 2 is 1.67 bits per heavy atom. The number of aryl methyl sites for hydroxylation is 1. The van der Waals surface area contributed by atoms with Crippen LogP contribution < -0.4 is 5.32 Å². The molecule has 0 unspecified atom stereocenters. The Labute approximate surface area is 177 Å². The number of hydrogen-bond donors (Lipinski definition) is 1. The monoisotopic (exact) mass is 403 g/mol. The lowest BCUT2D eigenvalue weighted by Gasteiger charge is -2.30. The molecule has 1 amide bonds. The van der Waals surface area contributed by atoms with E-state index in [0.717, 1.165) is 36.8 Å². The smallest absolute Gasteiger partial charge is 0.274 e. The summed E-state index contributed by atoms with van der Waals surface area (Å²) in [4.78, 5) is 16.8. The van der Waals surface area contributed by atoms with Gasteiger partial charge in [-0.2, -0.15) is 9.90 Å². The molecule has 0 saturated carbocycles. The van der Waals surface area contributed by atoms with Crippen molar-refractivity contribution in [3.8, 4) is 5.69 Å². The summed E-state index contributed by atoms with van der Waals surface area (Å²) in [5.74, 6) is 0.625. The molecule has 1 N–H and O–H groups in total. The van der Waals surface area contributed by atoms with Crippen LogP contribution in [0, 0.1) is 12.8 Å². The minimum atomic E-state index is -0.198. The summed E-state index contributed by atoms with van der Waals surface area (Å²) in [6.45, 7) is 7.84. The van der Waals surface area contributed by atoms with Crippen molar-refractivity contribution in [3.05, 3.63) is 77.1 Å². The molecule has 0 atom stereocenters. The standard InChI is InChI=1S/C24H29N5O/c1-18-12-14-28(15-13-18)17-21-9-7-6-8-20(21)16-25-24(30)23-19(2)26-29(27-23)22-10-4-3-5-11-22/h3-11,18H,12-17H2,1-2H3,(H,25,30). The van der Waals surface area contributed by atoms with Crippen LogP contribution in [-0.2, 0) is 13.1 Å². The normalized spacial score (nSPS) is 15.3. The Morgan fingerprint density at radius 1 is 1.00 bits per heavy atom. The maximum atomic E-state index is 12.8. The van der Waals surface area contributed by atoms with Crippen molar-refractivity contribution in [1.82, 2.24) is 25.2 Å². The van der Waals surface area contributed by atoms with E-state index in [-0.39, 0.29) is 5.91 Å². The number of carbonyl (C=O) groups excluding carboxylic acids is 1. The predicted octanol–water partition coefficient (Wildman–Crippen LogP) is 3.74. The van der Waals surface area contributed by atoms with Gasteiger partial charge in [-0.15, -0.1) is 5.10 Å². The largest absolute Gasteiger partial charge is 0.346 e. The van der Waals surface area contributed by atoms with E-state index in [1.807, 2.05) is 43.3 Å². The first kappa shape index (κ1) is 20.3. The minimum absolute atomic E-state index is 0.198. The Hall–Kier alpha value is -2.99. The first-order valence-corrected chi connectivity index (χ1v) is 10.7. The van der Waals surface area contributed by atoms with Crippen LogP contribution >= 0.6 is 0 Å². The number of rotatable bonds is 6. The molecule has 1 aliphatic heterocycles. The van der Waals surface area contributed by atoms with Gasteiger partial charge in [-0.05, 0) is 62.0 Å². The highest BCUT2D eigenvalue weighted by molar-refractivity contribution is 5.93. The molecule has 2 heterocycles. The van der Waals surface area contributed by atoms with E-state index < -0.39 is 0 Å². The highest BCUT2D eigenvalue weighted by Gasteiger charge is 2.18. The molecule has 0 bridgehead atoms. The van der Waals surface area contributed by atoms with Gasteiger partial charge in [0.2, 0.25) is 0 Å². The SMILES string of the molecule is Cc1nn(-c2ccccc2)nc1C(=O)NCc1ccccc1CN1CCC(C)CC1. The maximum absolute atomic E-state index is 12.8. The number of carbonyl (C=O) groups is 1. The fraction of sp³-hybridized carbons (Fsp3) is 0.375. The van der Waals surface area contributed by atoms with Crippen molar-refractivity contribution < 1.29 is 4.79 Å². The molecular formula is C24H29N5O. The molecule has 4 rings (SSSR count). The molecular weight excluding hydrogens is 374 g/mol. The van der Waals surface area contributed by atoms with Crippen molar-refractivity contribution in [2.45, 2.75) is 39.8 Å². The average Bonchev–Trinajstić information content (AvgIpc) is 3.17. The molecule has 1 fully saturated rings. The van der Waals surface area contributed by atoms with E-state index in [1.54, 1.807) is 0 Å². The maximum Gasteiger partial charge on any atom is 0.274 e. The lowest BCUT2D eigenvalue weighted by Crippen LogP contribution is -2.33. The number of nitrogens with one attached hydrogen (secondary N) is 1. The third-order valence-electron chi connectivity index (χ3n) is 5.81. The summed E-state index contributed by atoms with van der Waals surface area (Å²) in [7, 11) is 0. The molecule has 2 aromatic carbocycles. The second kappa shape index (κ2) is 9.22. The van der Waals surface area contributed by atoms with Crippen molar-refractivity contribution in [2.24, 2.45) is 5.92 Å². The van der Waals surface area contributed by atoms with E-state index in [2.05, 4.69) is 45.5 Å². The number of para-hydroxylation sites is 1. The number of nitrogens with zero attached hydrogens (tertiary/aromatic N) is 4. The highest BCUT2D eigenvalue weighted by Crippen LogP contribution is 2.20. The molecule has 3 aromatic rings. The van der Waals surface area contributed by atoms with Gasteiger partial charge < -0.3 is 5.32 Å². The number of benzene rings is 2. The van der Waals surface area contributed by atoms with Crippen LogP contribution in [0.3, 0.4) is 0 Å². The zero-order valence-corrected chi connectivity index (χ0v) is 17.7. The lowest BCUT2D eigenvalue weighted by atomic mass is 9.98. The van der Waals surface area contributed by atoms with Crippen LogP contribution in [0.1, 0.15) is 47.1 Å². The average molecular weight is 404 g/mol. The van der Waals surface area contributed by atoms with Crippen LogP contribution in [0.5, 0.6) is 0 Å². The molecule has 0 radical (unpaired) electrons. The third kappa shape index (κ3) is 4.76. The van der Waals surface area contributed by atoms with Gasteiger partial charge in [0.15, 0.2) is 5.69 Å². The van der Waals surface area contributed by atoms with Crippen molar-refractivity contribution in [2.75, 3.05) is 13.1 Å². The van der Waals surface area contributed by atoms with Gasteiger partial charge in [-0.25, -0.2) is 0 Å². The molecule has 0 aliphatic carbocycles. The van der Waals surface area contributed by atoms with E-state index in [4.69, 9.17) is 0 Å². The van der Waals surface area contributed by atoms with Crippen LogP contribution in [0.25, 0.3) is 5.69 Å². The minimum Gasteiger partial charge on any atom is -0.346 e. The zero-order valence-electron chi connectivity index (χ0n) is 17.7. The Bertz CT molecular complexity index is 990. The molecule has 6 nitrogen and oxygen atoms in total. The summed E-state index contributed by atoms with van der Waals surface area (Å²) in [6, 6.07) is 18.0. The van der Waals surface area contributed by atoms with Gasteiger partial charge in [-0.3, -0.25) is 9.69 Å². The van der Waals surface area contributed by atoms with E-state index in [0.29, 0.717) is 17.9 Å². The van der Waals surface area contributed by atoms with Crippen LogP contribution in [0.15, 0.2) is 54.6 Å². The summed E-state index contributed by atoms with van der Waals surface area (Å²) < 4.78 is 0. The van der Waals surface area contributed by atoms with Gasteiger partial charge in [0, 0.05) is 13.1 Å². The number of likely N-dealkylation sites (tertiary alicyclic amines) is 1. The fourth-order valence-corrected chi connectivity index (χ4v) is 3.87. The van der Waals surface area contributed by atoms with E-state index in [9.17, 15) is 4.79 Å². The quantitative estimate of drug-likeness (QED) is 0.681. The molecule has 6 heteroatoms. The summed E-state index contributed by atoms with van der Waals surface area (Å²) >= 11 is 0. The van der Waals surface area contributed by atoms with Crippen molar-refractivity contribution in [1.29, 1.82) is 0 Å². The Morgan fingerprint density at radius 3 is 2.40 bits per heavy atom. The molecule has 1 aliphatic rings. The second-order valence-electron chi connectivity index (χ2n) is 8.17. The number of hydrogen-bond acceptors (Lipinski definition) is 4. The second-order valence-corrected chi connectivity index (χ2v) is 8.17. The van der Waals surface area contributed by atoms with Gasteiger partial charge in [0.1, 0.15) is 0 Å². The summed E-state index contributed by atoms with van der Waals surface area (Å²) in [5.41, 5.74) is 4.24. The van der Waals surface area contributed by atoms with Gasteiger partial charge >= 0.3 is 0 Å².